The van der Waals surface area contributed by atoms with Crippen LogP contribution in [-0.2, 0) is 11.8 Å². The normalized spacial score (nSPS) is 16.2. The molecule has 0 bridgehead atoms. The van der Waals surface area contributed by atoms with Crippen LogP contribution in [0.4, 0.5) is 0 Å². The maximum atomic E-state index is 2.42. The molecule has 0 spiro atoms. The number of benzene rings is 1. The molecule has 0 unspecified atom stereocenters. The Balaban J connectivity index is 2.58. The van der Waals surface area contributed by atoms with Crippen LogP contribution in [0.25, 0.3) is 5.57 Å². The number of allylic oxidation sites excluding steroid dienone is 2. The first-order chi connectivity index (χ1) is 8.10. The highest BCUT2D eigenvalue weighted by Crippen LogP contribution is 2.44. The van der Waals surface area contributed by atoms with Gasteiger partial charge in [-0.2, -0.15) is 0 Å². The maximum Gasteiger partial charge on any atom is -0.00576 e. The van der Waals surface area contributed by atoms with E-state index in [1.165, 1.54) is 16.7 Å². The minimum atomic E-state index is 0.231. The Hall–Kier alpha value is -1.04. The Morgan fingerprint density at radius 1 is 0.889 bits per heavy atom. The molecule has 1 aromatic rings. The fraction of sp³-hybridized carbons (Fsp3) is 0.556. The lowest BCUT2D eigenvalue weighted by Crippen LogP contribution is -2.13. The molecule has 2 rings (SSSR count). The largest absolute Gasteiger partial charge is 0.0646 e. The van der Waals surface area contributed by atoms with Gasteiger partial charge in [-0.15, -0.1) is 0 Å². The molecule has 0 saturated carbocycles. The third-order valence-corrected chi connectivity index (χ3v) is 3.88. The smallest absolute Gasteiger partial charge is 0.00576 e. The van der Waals surface area contributed by atoms with Crippen LogP contribution < -0.4 is 0 Å². The number of hydrogen-bond acceptors (Lipinski definition) is 0. The number of fused-ring (bicyclic) bond motifs is 1. The van der Waals surface area contributed by atoms with Gasteiger partial charge < -0.3 is 0 Å². The van der Waals surface area contributed by atoms with Gasteiger partial charge in [-0.25, -0.2) is 0 Å². The lowest BCUT2D eigenvalue weighted by molar-refractivity contribution is 0.563. The van der Waals surface area contributed by atoms with Crippen LogP contribution in [0, 0.1) is 5.41 Å². The van der Waals surface area contributed by atoms with Gasteiger partial charge in [0.1, 0.15) is 0 Å². The van der Waals surface area contributed by atoms with Crippen molar-refractivity contribution < 1.29 is 0 Å². The van der Waals surface area contributed by atoms with Crippen LogP contribution in [0.3, 0.4) is 0 Å². The van der Waals surface area contributed by atoms with Crippen molar-refractivity contribution in [2.75, 3.05) is 0 Å². The second kappa shape index (κ2) is 3.98. The van der Waals surface area contributed by atoms with Gasteiger partial charge in [-0.3, -0.25) is 0 Å². The van der Waals surface area contributed by atoms with Crippen molar-refractivity contribution in [2.24, 2.45) is 5.41 Å². The molecular formula is C18H26. The fourth-order valence-corrected chi connectivity index (χ4v) is 3.08. The standard InChI is InChI=1S/C18H26/c1-12-10-13-8-9-14(17(2,3)4)11-15(13)16(12)18(5,6)7/h8-9,11H,10H2,1-7H3. The highest BCUT2D eigenvalue weighted by atomic mass is 14.3. The van der Waals surface area contributed by atoms with Crippen LogP contribution in [0.15, 0.2) is 23.8 Å². The van der Waals surface area contributed by atoms with E-state index in [2.05, 4.69) is 66.7 Å². The predicted molar refractivity (Wildman–Crippen MR) is 80.9 cm³/mol. The lowest BCUT2D eigenvalue weighted by Gasteiger charge is -2.25. The van der Waals surface area contributed by atoms with Gasteiger partial charge in [-0.05, 0) is 46.4 Å². The Bertz CT molecular complexity index is 502. The van der Waals surface area contributed by atoms with E-state index >= 15 is 0 Å². The molecule has 0 atom stereocenters. The third-order valence-electron chi connectivity index (χ3n) is 3.88. The average Bonchev–Trinajstić information content (AvgIpc) is 2.49. The highest BCUT2D eigenvalue weighted by Gasteiger charge is 2.29. The van der Waals surface area contributed by atoms with Crippen molar-refractivity contribution in [3.05, 3.63) is 40.5 Å². The van der Waals surface area contributed by atoms with Crippen LogP contribution in [0.1, 0.15) is 65.2 Å². The Morgan fingerprint density at radius 3 is 2.00 bits per heavy atom. The highest BCUT2D eigenvalue weighted by molar-refractivity contribution is 5.79. The average molecular weight is 242 g/mol. The molecule has 0 amide bonds. The van der Waals surface area contributed by atoms with Crippen LogP contribution in [0.5, 0.6) is 0 Å². The first kappa shape index (κ1) is 13.4. The fourth-order valence-electron chi connectivity index (χ4n) is 3.08. The first-order valence-electron chi connectivity index (χ1n) is 6.95. The number of rotatable bonds is 0. The summed E-state index contributed by atoms with van der Waals surface area (Å²) in [5, 5.41) is 0. The quantitative estimate of drug-likeness (QED) is 0.574. The molecule has 0 N–H and O–H groups in total. The molecule has 1 aromatic carbocycles. The van der Waals surface area contributed by atoms with Gasteiger partial charge in [0.05, 0.1) is 0 Å². The molecular weight excluding hydrogens is 216 g/mol. The zero-order valence-corrected chi connectivity index (χ0v) is 12.9. The molecule has 18 heavy (non-hydrogen) atoms. The molecule has 98 valence electrons. The summed E-state index contributed by atoms with van der Waals surface area (Å²) in [5.41, 5.74) is 8.02. The minimum Gasteiger partial charge on any atom is -0.0646 e. The Morgan fingerprint density at radius 2 is 1.50 bits per heavy atom. The van der Waals surface area contributed by atoms with E-state index < -0.39 is 0 Å². The topological polar surface area (TPSA) is 0 Å². The van der Waals surface area contributed by atoms with E-state index in [0.717, 1.165) is 6.42 Å². The summed E-state index contributed by atoms with van der Waals surface area (Å²) in [7, 11) is 0. The van der Waals surface area contributed by atoms with E-state index in [4.69, 9.17) is 0 Å². The van der Waals surface area contributed by atoms with Gasteiger partial charge in [0.2, 0.25) is 0 Å². The molecule has 0 aromatic heterocycles. The van der Waals surface area contributed by atoms with Crippen LogP contribution in [0.2, 0.25) is 0 Å². The third kappa shape index (κ3) is 2.25. The molecule has 0 fully saturated rings. The summed E-state index contributed by atoms with van der Waals surface area (Å²) in [4.78, 5) is 0. The zero-order chi connectivity index (χ0) is 13.7. The lowest BCUT2D eigenvalue weighted by atomic mass is 9.79. The molecule has 1 aliphatic rings. The van der Waals surface area contributed by atoms with Crippen LogP contribution >= 0.6 is 0 Å². The van der Waals surface area contributed by atoms with Crippen molar-refractivity contribution in [1.82, 2.24) is 0 Å². The van der Waals surface area contributed by atoms with Crippen molar-refractivity contribution in [3.8, 4) is 0 Å². The van der Waals surface area contributed by atoms with Gasteiger partial charge in [0, 0.05) is 0 Å². The van der Waals surface area contributed by atoms with E-state index in [0.29, 0.717) is 0 Å². The van der Waals surface area contributed by atoms with Gasteiger partial charge in [0.25, 0.3) is 0 Å². The predicted octanol–water partition coefficient (Wildman–Crippen LogP) is 5.36. The van der Waals surface area contributed by atoms with Crippen molar-refractivity contribution >= 4 is 5.57 Å². The van der Waals surface area contributed by atoms with E-state index in [1.54, 1.807) is 11.1 Å². The van der Waals surface area contributed by atoms with E-state index in [-0.39, 0.29) is 10.8 Å². The minimum absolute atomic E-state index is 0.231. The monoisotopic (exact) mass is 242 g/mol. The molecule has 0 saturated heterocycles. The molecule has 0 heterocycles. The Labute approximate surface area is 112 Å². The molecule has 0 radical (unpaired) electrons. The first-order valence-corrected chi connectivity index (χ1v) is 6.95. The summed E-state index contributed by atoms with van der Waals surface area (Å²) in [6.45, 7) is 16.1. The van der Waals surface area contributed by atoms with Crippen molar-refractivity contribution in [2.45, 2.75) is 60.3 Å². The molecule has 0 nitrogen and oxygen atoms in total. The second-order valence-electron chi connectivity index (χ2n) is 7.70. The summed E-state index contributed by atoms with van der Waals surface area (Å²) >= 11 is 0. The van der Waals surface area contributed by atoms with Gasteiger partial charge >= 0.3 is 0 Å². The SMILES string of the molecule is CC1=C(C(C)(C)C)c2cc(C(C)(C)C)ccc2C1. The summed E-state index contributed by atoms with van der Waals surface area (Å²) < 4.78 is 0. The Kier molecular flexibility index (Phi) is 2.96. The van der Waals surface area contributed by atoms with E-state index in [9.17, 15) is 0 Å². The van der Waals surface area contributed by atoms with Gasteiger partial charge in [-0.1, -0.05) is 65.3 Å². The summed E-state index contributed by atoms with van der Waals surface area (Å²) in [5.74, 6) is 0. The van der Waals surface area contributed by atoms with Crippen molar-refractivity contribution in [3.63, 3.8) is 0 Å². The van der Waals surface area contributed by atoms with E-state index in [1.807, 2.05) is 0 Å². The summed E-state index contributed by atoms with van der Waals surface area (Å²) in [6.07, 6.45) is 1.13. The molecule has 0 heteroatoms. The number of hydrogen-bond donors (Lipinski definition) is 0. The summed E-state index contributed by atoms with van der Waals surface area (Å²) in [6, 6.07) is 7.06. The maximum absolute atomic E-state index is 2.42. The molecule has 0 aliphatic heterocycles. The van der Waals surface area contributed by atoms with Gasteiger partial charge in [0.15, 0.2) is 0 Å². The molecule has 1 aliphatic carbocycles. The van der Waals surface area contributed by atoms with Crippen LogP contribution in [-0.4, -0.2) is 0 Å². The zero-order valence-electron chi connectivity index (χ0n) is 12.9. The second-order valence-corrected chi connectivity index (χ2v) is 7.70. The van der Waals surface area contributed by atoms with Crippen molar-refractivity contribution in [1.29, 1.82) is 0 Å².